The molecular weight excluding hydrogens is 288 g/mol. The van der Waals surface area contributed by atoms with E-state index in [4.69, 9.17) is 9.84 Å². The number of ether oxygens (including phenoxy) is 1. The molecule has 0 bridgehead atoms. The molecule has 2 unspecified atom stereocenters. The number of hydrogen-bond acceptors (Lipinski definition) is 5. The predicted molar refractivity (Wildman–Crippen MR) is 81.7 cm³/mol. The second kappa shape index (κ2) is 6.87. The van der Waals surface area contributed by atoms with Crippen LogP contribution in [0.1, 0.15) is 22.6 Å². The monoisotopic (exact) mass is 310 g/mol. The maximum absolute atomic E-state index is 10.7. The van der Waals surface area contributed by atoms with Crippen LogP contribution in [-0.2, 0) is 22.5 Å². The van der Waals surface area contributed by atoms with E-state index in [1.165, 1.54) is 24.3 Å². The molecule has 2 aliphatic heterocycles. The van der Waals surface area contributed by atoms with Gasteiger partial charge in [-0.15, -0.1) is 11.3 Å². The smallest absolute Gasteiger partial charge is 0.308 e. The molecule has 0 radical (unpaired) electrons. The van der Waals surface area contributed by atoms with Crippen LogP contribution in [0.4, 0.5) is 0 Å². The van der Waals surface area contributed by atoms with Gasteiger partial charge >= 0.3 is 5.97 Å². The highest BCUT2D eigenvalue weighted by molar-refractivity contribution is 7.12. The Morgan fingerprint density at radius 2 is 2.33 bits per heavy atom. The molecule has 1 aromatic rings. The number of aliphatic carboxylic acids is 1. The summed E-state index contributed by atoms with van der Waals surface area (Å²) in [5, 5.41) is 12.2. The summed E-state index contributed by atoms with van der Waals surface area (Å²) in [6, 6.07) is 4.56. The van der Waals surface area contributed by atoms with Crippen molar-refractivity contribution >= 4 is 17.3 Å². The van der Waals surface area contributed by atoms with Crippen molar-refractivity contribution in [1.29, 1.82) is 0 Å². The highest BCUT2D eigenvalue weighted by Gasteiger charge is 2.31. The molecule has 2 saturated heterocycles. The van der Waals surface area contributed by atoms with Gasteiger partial charge in [0.05, 0.1) is 19.1 Å². The van der Waals surface area contributed by atoms with Crippen molar-refractivity contribution in [2.45, 2.75) is 38.0 Å². The molecular formula is C15H22N2O3S. The zero-order valence-corrected chi connectivity index (χ0v) is 12.9. The zero-order chi connectivity index (χ0) is 14.7. The van der Waals surface area contributed by atoms with Crippen molar-refractivity contribution in [3.63, 3.8) is 0 Å². The summed E-state index contributed by atoms with van der Waals surface area (Å²) in [6.07, 6.45) is 2.97. The predicted octanol–water partition coefficient (Wildman–Crippen LogP) is 1.33. The lowest BCUT2D eigenvalue weighted by molar-refractivity contribution is -0.136. The van der Waals surface area contributed by atoms with E-state index in [0.717, 1.165) is 31.1 Å². The lowest BCUT2D eigenvalue weighted by Crippen LogP contribution is -2.49. The van der Waals surface area contributed by atoms with Crippen LogP contribution in [-0.4, -0.2) is 54.4 Å². The number of morpholine rings is 1. The Labute approximate surface area is 128 Å². The van der Waals surface area contributed by atoms with Crippen LogP contribution in [0.15, 0.2) is 12.1 Å². The first-order valence-corrected chi connectivity index (χ1v) is 8.38. The number of rotatable bonds is 6. The standard InChI is InChI=1S/C15H22N2O3S/c18-15(19)6-13-3-4-14(21-13)8-16-7-12-9-17-5-1-2-11(17)10-20-12/h3-4,11-12,16H,1-2,5-10H2,(H,18,19). The van der Waals surface area contributed by atoms with Gasteiger partial charge in [0.15, 0.2) is 0 Å². The lowest BCUT2D eigenvalue weighted by Gasteiger charge is -2.35. The number of nitrogens with zero attached hydrogens (tertiary/aromatic N) is 1. The number of fused-ring (bicyclic) bond motifs is 1. The number of carbonyl (C=O) groups is 1. The lowest BCUT2D eigenvalue weighted by atomic mass is 10.2. The van der Waals surface area contributed by atoms with Crippen molar-refractivity contribution in [1.82, 2.24) is 10.2 Å². The summed E-state index contributed by atoms with van der Waals surface area (Å²) in [4.78, 5) is 15.3. The molecule has 2 fully saturated rings. The summed E-state index contributed by atoms with van der Waals surface area (Å²) in [5.41, 5.74) is 0. The van der Waals surface area contributed by atoms with Crippen molar-refractivity contribution in [3.8, 4) is 0 Å². The van der Waals surface area contributed by atoms with Crippen LogP contribution < -0.4 is 5.32 Å². The van der Waals surface area contributed by atoms with Crippen LogP contribution in [0.3, 0.4) is 0 Å². The van der Waals surface area contributed by atoms with Gasteiger partial charge in [-0.1, -0.05) is 0 Å². The Kier molecular flexibility index (Phi) is 4.90. The molecule has 5 nitrogen and oxygen atoms in total. The van der Waals surface area contributed by atoms with Gasteiger partial charge in [-0.05, 0) is 31.5 Å². The quantitative estimate of drug-likeness (QED) is 0.830. The third kappa shape index (κ3) is 4.03. The molecule has 2 aliphatic rings. The molecule has 3 rings (SSSR count). The van der Waals surface area contributed by atoms with E-state index in [2.05, 4.69) is 10.2 Å². The van der Waals surface area contributed by atoms with Crippen molar-refractivity contribution in [3.05, 3.63) is 21.9 Å². The molecule has 116 valence electrons. The molecule has 2 atom stereocenters. The fraction of sp³-hybridized carbons (Fsp3) is 0.667. The van der Waals surface area contributed by atoms with E-state index in [1.54, 1.807) is 11.3 Å². The van der Waals surface area contributed by atoms with E-state index in [-0.39, 0.29) is 12.5 Å². The number of nitrogens with one attached hydrogen (secondary N) is 1. The summed E-state index contributed by atoms with van der Waals surface area (Å²) in [7, 11) is 0. The molecule has 6 heteroatoms. The molecule has 0 aromatic carbocycles. The Hall–Kier alpha value is -0.950. The van der Waals surface area contributed by atoms with Gasteiger partial charge in [-0.3, -0.25) is 9.69 Å². The minimum Gasteiger partial charge on any atom is -0.481 e. The van der Waals surface area contributed by atoms with Crippen LogP contribution in [0, 0.1) is 0 Å². The first-order chi connectivity index (χ1) is 10.2. The highest BCUT2D eigenvalue weighted by atomic mass is 32.1. The van der Waals surface area contributed by atoms with Gasteiger partial charge in [0.25, 0.3) is 0 Å². The third-order valence-corrected chi connectivity index (χ3v) is 5.26. The van der Waals surface area contributed by atoms with Gasteiger partial charge in [0, 0.05) is 35.4 Å². The minimum absolute atomic E-state index is 0.118. The summed E-state index contributed by atoms with van der Waals surface area (Å²) < 4.78 is 5.91. The zero-order valence-electron chi connectivity index (χ0n) is 12.1. The van der Waals surface area contributed by atoms with Crippen LogP contribution in [0.25, 0.3) is 0 Å². The number of carboxylic acid groups (broad SMARTS) is 1. The van der Waals surface area contributed by atoms with E-state index in [0.29, 0.717) is 6.04 Å². The molecule has 2 N–H and O–H groups in total. The maximum Gasteiger partial charge on any atom is 0.308 e. The van der Waals surface area contributed by atoms with Gasteiger partial charge in [0.1, 0.15) is 0 Å². The Balaban J connectivity index is 1.39. The second-order valence-corrected chi connectivity index (χ2v) is 7.07. The van der Waals surface area contributed by atoms with Crippen molar-refractivity contribution < 1.29 is 14.6 Å². The summed E-state index contributed by atoms with van der Waals surface area (Å²) in [6.45, 7) is 4.76. The SMILES string of the molecule is O=C(O)Cc1ccc(CNCC2CN3CCCC3CO2)s1. The van der Waals surface area contributed by atoms with Crippen LogP contribution in [0.2, 0.25) is 0 Å². The molecule has 0 amide bonds. The van der Waals surface area contributed by atoms with Gasteiger partial charge in [-0.25, -0.2) is 0 Å². The first kappa shape index (κ1) is 15.0. The van der Waals surface area contributed by atoms with Gasteiger partial charge in [-0.2, -0.15) is 0 Å². The average Bonchev–Trinajstić information content (AvgIpc) is 3.06. The molecule has 3 heterocycles. The van der Waals surface area contributed by atoms with Crippen molar-refractivity contribution in [2.24, 2.45) is 0 Å². The van der Waals surface area contributed by atoms with Crippen molar-refractivity contribution in [2.75, 3.05) is 26.2 Å². The minimum atomic E-state index is -0.771. The summed E-state index contributed by atoms with van der Waals surface area (Å²) >= 11 is 1.57. The fourth-order valence-corrected chi connectivity index (χ4v) is 4.11. The van der Waals surface area contributed by atoms with E-state index in [9.17, 15) is 4.79 Å². The van der Waals surface area contributed by atoms with E-state index < -0.39 is 5.97 Å². The largest absolute Gasteiger partial charge is 0.481 e. The Morgan fingerprint density at radius 3 is 3.19 bits per heavy atom. The first-order valence-electron chi connectivity index (χ1n) is 7.56. The number of carboxylic acids is 1. The molecule has 0 saturated carbocycles. The normalized spacial score (nSPS) is 25.9. The summed E-state index contributed by atoms with van der Waals surface area (Å²) in [5.74, 6) is -0.771. The Morgan fingerprint density at radius 1 is 1.48 bits per heavy atom. The van der Waals surface area contributed by atoms with Crippen LogP contribution >= 0.6 is 11.3 Å². The fourth-order valence-electron chi connectivity index (χ4n) is 3.13. The van der Waals surface area contributed by atoms with E-state index >= 15 is 0 Å². The molecule has 0 aliphatic carbocycles. The van der Waals surface area contributed by atoms with Crippen LogP contribution in [0.5, 0.6) is 0 Å². The average molecular weight is 310 g/mol. The molecule has 0 spiro atoms. The maximum atomic E-state index is 10.7. The van der Waals surface area contributed by atoms with Gasteiger partial charge in [0.2, 0.25) is 0 Å². The molecule has 1 aromatic heterocycles. The number of hydrogen-bond donors (Lipinski definition) is 2. The third-order valence-electron chi connectivity index (χ3n) is 4.18. The van der Waals surface area contributed by atoms with E-state index in [1.807, 2.05) is 12.1 Å². The highest BCUT2D eigenvalue weighted by Crippen LogP contribution is 2.22. The van der Waals surface area contributed by atoms with Gasteiger partial charge < -0.3 is 15.2 Å². The Bertz CT molecular complexity index is 491. The number of thiophene rings is 1. The topological polar surface area (TPSA) is 61.8 Å². The molecule has 21 heavy (non-hydrogen) atoms. The second-order valence-electron chi connectivity index (χ2n) is 5.82.